The quantitative estimate of drug-likeness (QED) is 0.501. The Morgan fingerprint density at radius 3 is 2.74 bits per heavy atom. The van der Waals surface area contributed by atoms with Crippen LogP contribution < -0.4 is 11.1 Å². The normalized spacial score (nSPS) is 11.6. The van der Waals surface area contributed by atoms with E-state index in [0.29, 0.717) is 19.6 Å². The van der Waals surface area contributed by atoms with Crippen LogP contribution in [0.2, 0.25) is 0 Å². The third-order valence-corrected chi connectivity index (χ3v) is 4.59. The van der Waals surface area contributed by atoms with Gasteiger partial charge in [-0.1, -0.05) is 35.5 Å². The third-order valence-electron chi connectivity index (χ3n) is 4.59. The van der Waals surface area contributed by atoms with E-state index in [2.05, 4.69) is 15.6 Å². The summed E-state index contributed by atoms with van der Waals surface area (Å²) in [6.07, 6.45) is 1.90. The molecule has 7 heteroatoms. The van der Waals surface area contributed by atoms with Crippen LogP contribution in [-0.2, 0) is 13.1 Å². The van der Waals surface area contributed by atoms with Gasteiger partial charge in [-0.2, -0.15) is 0 Å². The smallest absolute Gasteiger partial charge is 0.177 e. The molecule has 0 unspecified atom stereocenters. The number of nitrogens with one attached hydrogen (secondary N) is 1. The molecule has 0 aliphatic rings. The Labute approximate surface area is 154 Å². The Kier molecular flexibility index (Phi) is 3.72. The van der Waals surface area contributed by atoms with Gasteiger partial charge in [0.2, 0.25) is 0 Å². The van der Waals surface area contributed by atoms with Crippen molar-refractivity contribution in [2.24, 2.45) is 5.73 Å². The van der Waals surface area contributed by atoms with Gasteiger partial charge in [0.25, 0.3) is 0 Å². The van der Waals surface area contributed by atoms with Crippen LogP contribution in [-0.4, -0.2) is 26.5 Å². The molecule has 2 aromatic carbocycles. The number of aromatic nitrogens is 4. The van der Waals surface area contributed by atoms with Gasteiger partial charge in [0.1, 0.15) is 16.8 Å². The Morgan fingerprint density at radius 1 is 1.04 bits per heavy atom. The van der Waals surface area contributed by atoms with Gasteiger partial charge >= 0.3 is 0 Å². The van der Waals surface area contributed by atoms with Crippen LogP contribution in [0.3, 0.4) is 0 Å². The molecular formula is C20H18N6O. The standard InChI is InChI=1S/C20H18N6O/c21-9-10-26-12-13(24-25-26)11-22-18-14-5-1-3-7-16(14)23-19-15-6-2-4-8-17(15)27-20(18)19/h1-8,12H,9-11,21H2,(H,22,23). The summed E-state index contributed by atoms with van der Waals surface area (Å²) in [7, 11) is 0. The van der Waals surface area contributed by atoms with Crippen molar-refractivity contribution in [2.75, 3.05) is 11.9 Å². The summed E-state index contributed by atoms with van der Waals surface area (Å²) in [6.45, 7) is 1.72. The van der Waals surface area contributed by atoms with Gasteiger partial charge < -0.3 is 15.5 Å². The predicted octanol–water partition coefficient (Wildman–Crippen LogP) is 3.30. The summed E-state index contributed by atoms with van der Waals surface area (Å²) in [5, 5.41) is 13.8. The number of furan rings is 1. The average molecular weight is 358 g/mol. The van der Waals surface area contributed by atoms with Crippen LogP contribution in [0.4, 0.5) is 5.69 Å². The maximum atomic E-state index is 6.14. The van der Waals surface area contributed by atoms with Crippen LogP contribution in [0.15, 0.2) is 59.1 Å². The fourth-order valence-electron chi connectivity index (χ4n) is 3.35. The zero-order valence-electron chi connectivity index (χ0n) is 14.6. The van der Waals surface area contributed by atoms with E-state index in [9.17, 15) is 0 Å². The number of rotatable bonds is 5. The molecule has 0 saturated carbocycles. The molecule has 5 rings (SSSR count). The number of hydrogen-bond donors (Lipinski definition) is 2. The SMILES string of the molecule is NCCn1cc(CNc2c3ccccc3nc3c2oc2ccccc23)nn1. The van der Waals surface area contributed by atoms with Crippen molar-refractivity contribution in [3.63, 3.8) is 0 Å². The number of para-hydroxylation sites is 2. The summed E-state index contributed by atoms with van der Waals surface area (Å²) < 4.78 is 7.89. The number of anilines is 1. The van der Waals surface area contributed by atoms with Crippen LogP contribution >= 0.6 is 0 Å². The zero-order chi connectivity index (χ0) is 18.2. The first-order valence-corrected chi connectivity index (χ1v) is 8.86. The number of hydrogen-bond acceptors (Lipinski definition) is 6. The Balaban J connectivity index is 1.63. The molecule has 0 spiro atoms. The molecule has 3 aromatic heterocycles. The van der Waals surface area contributed by atoms with E-state index in [1.54, 1.807) is 4.68 Å². The van der Waals surface area contributed by atoms with Crippen molar-refractivity contribution in [3.05, 3.63) is 60.4 Å². The van der Waals surface area contributed by atoms with E-state index < -0.39 is 0 Å². The Hall–Kier alpha value is -3.45. The summed E-state index contributed by atoms with van der Waals surface area (Å²) in [4.78, 5) is 4.83. The fourth-order valence-corrected chi connectivity index (χ4v) is 3.35. The lowest BCUT2D eigenvalue weighted by atomic mass is 10.1. The second kappa shape index (κ2) is 6.37. The average Bonchev–Trinajstić information content (AvgIpc) is 3.30. The van der Waals surface area contributed by atoms with Gasteiger partial charge in [-0.25, -0.2) is 4.98 Å². The molecule has 3 N–H and O–H groups in total. The number of benzene rings is 2. The van der Waals surface area contributed by atoms with E-state index in [0.717, 1.165) is 44.4 Å². The molecule has 0 radical (unpaired) electrons. The lowest BCUT2D eigenvalue weighted by Gasteiger charge is -2.09. The summed E-state index contributed by atoms with van der Waals surface area (Å²) >= 11 is 0. The molecule has 0 aliphatic carbocycles. The molecule has 7 nitrogen and oxygen atoms in total. The monoisotopic (exact) mass is 358 g/mol. The summed E-state index contributed by atoms with van der Waals surface area (Å²) in [5.74, 6) is 0. The van der Waals surface area contributed by atoms with Gasteiger partial charge in [-0.15, -0.1) is 5.10 Å². The van der Waals surface area contributed by atoms with E-state index >= 15 is 0 Å². The predicted molar refractivity (Wildman–Crippen MR) is 105 cm³/mol. The minimum absolute atomic E-state index is 0.532. The van der Waals surface area contributed by atoms with Crippen molar-refractivity contribution < 1.29 is 4.42 Å². The van der Waals surface area contributed by atoms with Gasteiger partial charge in [0.05, 0.1) is 30.5 Å². The van der Waals surface area contributed by atoms with Crippen LogP contribution in [0, 0.1) is 0 Å². The zero-order valence-corrected chi connectivity index (χ0v) is 14.6. The van der Waals surface area contributed by atoms with Crippen molar-refractivity contribution >= 4 is 38.7 Å². The highest BCUT2D eigenvalue weighted by atomic mass is 16.3. The molecule has 0 bridgehead atoms. The molecule has 0 amide bonds. The highest BCUT2D eigenvalue weighted by Crippen LogP contribution is 2.36. The number of nitrogens with zero attached hydrogens (tertiary/aromatic N) is 4. The maximum Gasteiger partial charge on any atom is 0.177 e. The van der Waals surface area contributed by atoms with Crippen LogP contribution in [0.5, 0.6) is 0 Å². The van der Waals surface area contributed by atoms with Gasteiger partial charge in [0, 0.05) is 17.3 Å². The molecule has 0 fully saturated rings. The molecule has 5 aromatic rings. The van der Waals surface area contributed by atoms with Gasteiger partial charge in [-0.3, -0.25) is 4.68 Å². The number of fused-ring (bicyclic) bond motifs is 4. The fraction of sp³-hybridized carbons (Fsp3) is 0.150. The highest BCUT2D eigenvalue weighted by Gasteiger charge is 2.16. The summed E-state index contributed by atoms with van der Waals surface area (Å²) in [6, 6.07) is 16.0. The Bertz CT molecular complexity index is 1260. The molecule has 0 atom stereocenters. The largest absolute Gasteiger partial charge is 0.452 e. The molecule has 27 heavy (non-hydrogen) atoms. The highest BCUT2D eigenvalue weighted by molar-refractivity contribution is 6.13. The van der Waals surface area contributed by atoms with E-state index in [1.807, 2.05) is 54.7 Å². The molecule has 0 saturated heterocycles. The minimum Gasteiger partial charge on any atom is -0.452 e. The van der Waals surface area contributed by atoms with Gasteiger partial charge in [-0.05, 0) is 18.2 Å². The molecule has 3 heterocycles. The molecular weight excluding hydrogens is 340 g/mol. The van der Waals surface area contributed by atoms with Crippen molar-refractivity contribution in [1.29, 1.82) is 0 Å². The molecule has 0 aliphatic heterocycles. The van der Waals surface area contributed by atoms with Gasteiger partial charge in [0.15, 0.2) is 5.58 Å². The van der Waals surface area contributed by atoms with Crippen molar-refractivity contribution in [2.45, 2.75) is 13.1 Å². The van der Waals surface area contributed by atoms with Crippen LogP contribution in [0.25, 0.3) is 33.0 Å². The summed E-state index contributed by atoms with van der Waals surface area (Å²) in [5.41, 5.74) is 10.7. The first-order chi connectivity index (χ1) is 13.3. The third kappa shape index (κ3) is 2.69. The number of pyridine rings is 1. The van der Waals surface area contributed by atoms with E-state index in [1.165, 1.54) is 0 Å². The lowest BCUT2D eigenvalue weighted by Crippen LogP contribution is -2.10. The lowest BCUT2D eigenvalue weighted by molar-refractivity contribution is 0.598. The van der Waals surface area contributed by atoms with E-state index in [-0.39, 0.29) is 0 Å². The van der Waals surface area contributed by atoms with Crippen LogP contribution in [0.1, 0.15) is 5.69 Å². The number of nitrogens with two attached hydrogens (primary N) is 1. The first kappa shape index (κ1) is 15.8. The minimum atomic E-state index is 0.532. The van der Waals surface area contributed by atoms with Crippen molar-refractivity contribution in [1.82, 2.24) is 20.0 Å². The van der Waals surface area contributed by atoms with Crippen molar-refractivity contribution in [3.8, 4) is 0 Å². The second-order valence-corrected chi connectivity index (χ2v) is 6.40. The second-order valence-electron chi connectivity index (χ2n) is 6.40. The topological polar surface area (TPSA) is 94.8 Å². The maximum absolute atomic E-state index is 6.14. The molecule has 134 valence electrons. The Morgan fingerprint density at radius 2 is 1.85 bits per heavy atom. The van der Waals surface area contributed by atoms with E-state index in [4.69, 9.17) is 15.1 Å². The first-order valence-electron chi connectivity index (χ1n) is 8.86.